The molecule has 1 aromatic heterocycles. The number of aromatic amines is 1. The maximum absolute atomic E-state index is 13.5. The first-order valence-electron chi connectivity index (χ1n) is 7.06. The lowest BCUT2D eigenvalue weighted by Crippen LogP contribution is -2.14. The molecule has 3 rings (SSSR count). The van der Waals surface area contributed by atoms with Gasteiger partial charge in [-0.2, -0.15) is 8.42 Å². The predicted octanol–water partition coefficient (Wildman–Crippen LogP) is 3.60. The van der Waals surface area contributed by atoms with Crippen LogP contribution < -0.4 is 4.72 Å². The second-order valence-corrected chi connectivity index (χ2v) is 6.89. The Morgan fingerprint density at radius 3 is 2.32 bits per heavy atom. The smallest absolute Gasteiger partial charge is 0.279 e. The molecule has 0 amide bonds. The molecule has 0 spiro atoms. The number of aromatic nitrogens is 2. The van der Waals surface area contributed by atoms with Crippen LogP contribution in [0.4, 0.5) is 18.9 Å². The van der Waals surface area contributed by atoms with E-state index in [4.69, 9.17) is 0 Å². The van der Waals surface area contributed by atoms with Crippen LogP contribution in [-0.2, 0) is 10.0 Å². The highest BCUT2D eigenvalue weighted by molar-refractivity contribution is 7.92. The number of aryl methyl sites for hydroxylation is 1. The third-order valence-electron chi connectivity index (χ3n) is 3.44. The largest absolute Gasteiger partial charge is 0.332 e. The van der Waals surface area contributed by atoms with E-state index in [1.54, 1.807) is 19.1 Å². The highest BCUT2D eigenvalue weighted by atomic mass is 32.2. The zero-order valence-corrected chi connectivity index (χ0v) is 13.7. The number of nitrogens with one attached hydrogen (secondary N) is 2. The summed E-state index contributed by atoms with van der Waals surface area (Å²) in [5.41, 5.74) is 0.274. The van der Waals surface area contributed by atoms with Gasteiger partial charge in [-0.05, 0) is 30.7 Å². The normalized spacial score (nSPS) is 11.5. The molecule has 1 heterocycles. The monoisotopic (exact) mass is 367 g/mol. The lowest BCUT2D eigenvalue weighted by Gasteiger charge is -2.12. The van der Waals surface area contributed by atoms with Crippen molar-refractivity contribution in [1.82, 2.24) is 9.97 Å². The SMILES string of the molecule is Cc1ncc(S(=O)(=O)Nc2ccccc2-c2cc(F)c(F)c(F)c2)[nH]1. The van der Waals surface area contributed by atoms with Crippen LogP contribution in [0.2, 0.25) is 0 Å². The zero-order chi connectivity index (χ0) is 18.2. The van der Waals surface area contributed by atoms with Crippen molar-refractivity contribution >= 4 is 15.7 Å². The highest BCUT2D eigenvalue weighted by Crippen LogP contribution is 2.31. The summed E-state index contributed by atoms with van der Waals surface area (Å²) in [5, 5.41) is -0.156. The van der Waals surface area contributed by atoms with Gasteiger partial charge in [-0.15, -0.1) is 0 Å². The summed E-state index contributed by atoms with van der Waals surface area (Å²) in [7, 11) is -3.98. The van der Waals surface area contributed by atoms with E-state index in [9.17, 15) is 21.6 Å². The van der Waals surface area contributed by atoms with Crippen molar-refractivity contribution in [3.8, 4) is 11.1 Å². The van der Waals surface area contributed by atoms with E-state index >= 15 is 0 Å². The van der Waals surface area contributed by atoms with E-state index < -0.39 is 27.5 Å². The number of sulfonamides is 1. The van der Waals surface area contributed by atoms with Crippen LogP contribution in [0.5, 0.6) is 0 Å². The number of para-hydroxylation sites is 1. The topological polar surface area (TPSA) is 74.8 Å². The number of halogens is 3. The summed E-state index contributed by atoms with van der Waals surface area (Å²) < 4.78 is 67.3. The average Bonchev–Trinajstić information content (AvgIpc) is 3.00. The maximum atomic E-state index is 13.5. The third-order valence-corrected chi connectivity index (χ3v) is 4.71. The molecular formula is C16H12F3N3O2S. The fraction of sp³-hybridized carbons (Fsp3) is 0.0625. The van der Waals surface area contributed by atoms with Crippen LogP contribution in [0.3, 0.4) is 0 Å². The number of hydrogen-bond acceptors (Lipinski definition) is 3. The van der Waals surface area contributed by atoms with Crippen molar-refractivity contribution in [3.05, 3.63) is 65.9 Å². The molecule has 0 radical (unpaired) electrons. The molecule has 0 aliphatic rings. The van der Waals surface area contributed by atoms with Crippen LogP contribution in [-0.4, -0.2) is 18.4 Å². The van der Waals surface area contributed by atoms with E-state index in [0.29, 0.717) is 5.82 Å². The van der Waals surface area contributed by atoms with E-state index in [-0.39, 0.29) is 21.8 Å². The third kappa shape index (κ3) is 3.36. The van der Waals surface area contributed by atoms with Crippen LogP contribution in [0, 0.1) is 24.4 Å². The van der Waals surface area contributed by atoms with Gasteiger partial charge in [-0.3, -0.25) is 4.72 Å². The number of hydrogen-bond donors (Lipinski definition) is 2. The Balaban J connectivity index is 2.05. The number of H-pyrrole nitrogens is 1. The van der Waals surface area contributed by atoms with Crippen LogP contribution in [0.15, 0.2) is 47.6 Å². The minimum absolute atomic E-state index is 0.00417. The Morgan fingerprint density at radius 2 is 1.72 bits per heavy atom. The molecule has 0 bridgehead atoms. The van der Waals surface area contributed by atoms with E-state index in [0.717, 1.165) is 18.3 Å². The van der Waals surface area contributed by atoms with Gasteiger partial charge >= 0.3 is 0 Å². The highest BCUT2D eigenvalue weighted by Gasteiger charge is 2.20. The first kappa shape index (κ1) is 17.0. The summed E-state index contributed by atoms with van der Waals surface area (Å²) >= 11 is 0. The van der Waals surface area contributed by atoms with Crippen molar-refractivity contribution in [2.75, 3.05) is 4.72 Å². The number of anilines is 1. The van der Waals surface area contributed by atoms with E-state index in [2.05, 4.69) is 14.7 Å². The van der Waals surface area contributed by atoms with Crippen LogP contribution in [0.1, 0.15) is 5.82 Å². The lowest BCUT2D eigenvalue weighted by atomic mass is 10.0. The Bertz CT molecular complexity index is 1030. The van der Waals surface area contributed by atoms with Gasteiger partial charge in [0.05, 0.1) is 11.9 Å². The molecule has 0 fully saturated rings. The summed E-state index contributed by atoms with van der Waals surface area (Å²) in [6.07, 6.45) is 1.15. The minimum atomic E-state index is -3.98. The Labute approximate surface area is 141 Å². The fourth-order valence-corrected chi connectivity index (χ4v) is 3.32. The molecule has 0 unspecified atom stereocenters. The van der Waals surface area contributed by atoms with E-state index in [1.807, 2.05) is 0 Å². The van der Waals surface area contributed by atoms with Crippen molar-refractivity contribution in [3.63, 3.8) is 0 Å². The molecule has 5 nitrogen and oxygen atoms in total. The maximum Gasteiger partial charge on any atom is 0.279 e. The van der Waals surface area contributed by atoms with Crippen molar-refractivity contribution < 1.29 is 21.6 Å². The standard InChI is InChI=1S/C16H12F3N3O2S/c1-9-20-8-15(21-9)25(23,24)22-14-5-3-2-4-11(14)10-6-12(17)16(19)13(18)7-10/h2-8,22H,1H3,(H,20,21). The quantitative estimate of drug-likeness (QED) is 0.692. The Hall–Kier alpha value is -2.81. The molecular weight excluding hydrogens is 355 g/mol. The number of rotatable bonds is 4. The number of benzene rings is 2. The van der Waals surface area contributed by atoms with Gasteiger partial charge < -0.3 is 4.98 Å². The molecule has 0 aliphatic heterocycles. The Morgan fingerprint density at radius 1 is 1.08 bits per heavy atom. The summed E-state index contributed by atoms with van der Waals surface area (Å²) in [6.45, 7) is 1.59. The van der Waals surface area contributed by atoms with Gasteiger partial charge in [0.1, 0.15) is 5.82 Å². The second-order valence-electron chi connectivity index (χ2n) is 5.24. The molecule has 0 saturated carbocycles. The second kappa shape index (κ2) is 6.25. The van der Waals surface area contributed by atoms with Gasteiger partial charge in [0.15, 0.2) is 22.5 Å². The summed E-state index contributed by atoms with van der Waals surface area (Å²) in [4.78, 5) is 6.41. The summed E-state index contributed by atoms with van der Waals surface area (Å²) in [6, 6.07) is 7.59. The molecule has 9 heteroatoms. The molecule has 2 N–H and O–H groups in total. The van der Waals surface area contributed by atoms with Crippen LogP contribution >= 0.6 is 0 Å². The van der Waals surface area contributed by atoms with Crippen LogP contribution in [0.25, 0.3) is 11.1 Å². The predicted molar refractivity (Wildman–Crippen MR) is 85.9 cm³/mol. The average molecular weight is 367 g/mol. The molecule has 2 aromatic carbocycles. The number of imidazole rings is 1. The zero-order valence-electron chi connectivity index (χ0n) is 12.8. The summed E-state index contributed by atoms with van der Waals surface area (Å²) in [5.74, 6) is -3.90. The van der Waals surface area contributed by atoms with Crippen molar-refractivity contribution in [1.29, 1.82) is 0 Å². The molecule has 0 saturated heterocycles. The molecule has 130 valence electrons. The number of nitrogens with zero attached hydrogens (tertiary/aromatic N) is 1. The molecule has 25 heavy (non-hydrogen) atoms. The fourth-order valence-electron chi connectivity index (χ4n) is 2.27. The van der Waals surface area contributed by atoms with Crippen molar-refractivity contribution in [2.24, 2.45) is 0 Å². The Kier molecular flexibility index (Phi) is 4.25. The van der Waals surface area contributed by atoms with Gasteiger partial charge in [0.25, 0.3) is 10.0 Å². The van der Waals surface area contributed by atoms with Crippen molar-refractivity contribution in [2.45, 2.75) is 11.9 Å². The van der Waals surface area contributed by atoms with Gasteiger partial charge in [0, 0.05) is 5.56 Å². The van der Waals surface area contributed by atoms with E-state index in [1.165, 1.54) is 12.1 Å². The first-order chi connectivity index (χ1) is 11.8. The minimum Gasteiger partial charge on any atom is -0.332 e. The van der Waals surface area contributed by atoms with Gasteiger partial charge in [-0.1, -0.05) is 18.2 Å². The molecule has 3 aromatic rings. The van der Waals surface area contributed by atoms with Gasteiger partial charge in [-0.25, -0.2) is 18.2 Å². The molecule has 0 atom stereocenters. The lowest BCUT2D eigenvalue weighted by molar-refractivity contribution is 0.448. The van der Waals surface area contributed by atoms with Gasteiger partial charge in [0.2, 0.25) is 0 Å². The molecule has 0 aliphatic carbocycles. The first-order valence-corrected chi connectivity index (χ1v) is 8.54.